The summed E-state index contributed by atoms with van der Waals surface area (Å²) in [7, 11) is 0. The molecule has 2 nitrogen and oxygen atoms in total. The predicted molar refractivity (Wildman–Crippen MR) is 88.1 cm³/mol. The second-order valence-corrected chi connectivity index (χ2v) is 6.61. The largest absolute Gasteiger partial charge is 0.480 e. The Morgan fingerprint density at radius 3 is 2.14 bits per heavy atom. The molecule has 0 heterocycles. The van der Waals surface area contributed by atoms with E-state index in [-0.39, 0.29) is 0 Å². The van der Waals surface area contributed by atoms with E-state index >= 15 is 0 Å². The zero-order chi connectivity index (χ0) is 15.4. The Bertz CT molecular complexity index is 612. The Morgan fingerprint density at radius 1 is 1.05 bits per heavy atom. The van der Waals surface area contributed by atoms with Crippen LogP contribution in [0.25, 0.3) is 0 Å². The van der Waals surface area contributed by atoms with Gasteiger partial charge in [0.05, 0.1) is 0 Å². The number of thioether (sulfide) groups is 1. The zero-order valence-electron chi connectivity index (χ0n) is 12.6. The number of carbonyl (C=O) groups is 1. The smallest absolute Gasteiger partial charge is 0.317 e. The standard InChI is InChI=1S/C18H20O2S/c1-12-7-9-15(10-8-12)21-17(18(19)20)11-16-13(2)5-4-6-14(16)3/h4-10,17H,11H2,1-3H3,(H,19,20). The van der Waals surface area contributed by atoms with E-state index in [2.05, 4.69) is 0 Å². The summed E-state index contributed by atoms with van der Waals surface area (Å²) in [4.78, 5) is 12.6. The van der Waals surface area contributed by atoms with E-state index in [1.807, 2.05) is 63.2 Å². The van der Waals surface area contributed by atoms with Gasteiger partial charge in [0.25, 0.3) is 0 Å². The van der Waals surface area contributed by atoms with Gasteiger partial charge in [0, 0.05) is 4.90 Å². The fourth-order valence-electron chi connectivity index (χ4n) is 2.32. The molecule has 2 aromatic rings. The summed E-state index contributed by atoms with van der Waals surface area (Å²) in [5, 5.41) is 9.05. The topological polar surface area (TPSA) is 37.3 Å². The second kappa shape index (κ2) is 6.81. The molecule has 0 aliphatic rings. The molecule has 1 atom stereocenters. The summed E-state index contributed by atoms with van der Waals surface area (Å²) in [5.41, 5.74) is 4.64. The number of hydrogen-bond donors (Lipinski definition) is 1. The van der Waals surface area contributed by atoms with Crippen molar-refractivity contribution in [1.29, 1.82) is 0 Å². The van der Waals surface area contributed by atoms with Crippen LogP contribution >= 0.6 is 11.8 Å². The highest BCUT2D eigenvalue weighted by molar-refractivity contribution is 8.00. The number of hydrogen-bond acceptors (Lipinski definition) is 2. The minimum Gasteiger partial charge on any atom is -0.480 e. The van der Waals surface area contributed by atoms with Crippen molar-refractivity contribution in [3.8, 4) is 0 Å². The van der Waals surface area contributed by atoms with Gasteiger partial charge in [0.2, 0.25) is 0 Å². The van der Waals surface area contributed by atoms with E-state index in [1.54, 1.807) is 0 Å². The summed E-state index contributed by atoms with van der Waals surface area (Å²) in [5.74, 6) is -0.761. The predicted octanol–water partition coefficient (Wildman–Crippen LogP) is 4.40. The molecule has 3 heteroatoms. The van der Waals surface area contributed by atoms with Crippen LogP contribution in [-0.4, -0.2) is 16.3 Å². The lowest BCUT2D eigenvalue weighted by Gasteiger charge is -2.16. The Hall–Kier alpha value is -1.74. The third-order valence-electron chi connectivity index (χ3n) is 3.61. The summed E-state index contributed by atoms with van der Waals surface area (Å²) < 4.78 is 0. The molecule has 2 rings (SSSR count). The molecule has 0 fully saturated rings. The lowest BCUT2D eigenvalue weighted by Crippen LogP contribution is -2.20. The van der Waals surface area contributed by atoms with Gasteiger partial charge >= 0.3 is 5.97 Å². The summed E-state index contributed by atoms with van der Waals surface area (Å²) >= 11 is 1.42. The Labute approximate surface area is 130 Å². The molecule has 0 saturated heterocycles. The average molecular weight is 300 g/mol. The molecule has 0 radical (unpaired) electrons. The zero-order valence-corrected chi connectivity index (χ0v) is 13.4. The van der Waals surface area contributed by atoms with E-state index < -0.39 is 11.2 Å². The van der Waals surface area contributed by atoms with Crippen molar-refractivity contribution in [3.05, 3.63) is 64.7 Å². The molecule has 21 heavy (non-hydrogen) atoms. The van der Waals surface area contributed by atoms with Crippen molar-refractivity contribution < 1.29 is 9.90 Å². The number of aliphatic carboxylic acids is 1. The molecule has 0 aliphatic carbocycles. The average Bonchev–Trinajstić information content (AvgIpc) is 2.43. The van der Waals surface area contributed by atoms with E-state index in [4.69, 9.17) is 0 Å². The molecule has 0 aromatic heterocycles. The second-order valence-electron chi connectivity index (χ2n) is 5.33. The lowest BCUT2D eigenvalue weighted by molar-refractivity contribution is -0.136. The highest BCUT2D eigenvalue weighted by atomic mass is 32.2. The van der Waals surface area contributed by atoms with Crippen LogP contribution in [0.4, 0.5) is 0 Å². The molecule has 0 amide bonds. The quantitative estimate of drug-likeness (QED) is 0.832. The van der Waals surface area contributed by atoms with Gasteiger partial charge in [-0.2, -0.15) is 0 Å². The van der Waals surface area contributed by atoms with Gasteiger partial charge in [0.1, 0.15) is 5.25 Å². The van der Waals surface area contributed by atoms with Crippen molar-refractivity contribution in [1.82, 2.24) is 0 Å². The van der Waals surface area contributed by atoms with Crippen LogP contribution in [0, 0.1) is 20.8 Å². The maximum Gasteiger partial charge on any atom is 0.317 e. The fraction of sp³-hybridized carbons (Fsp3) is 0.278. The van der Waals surface area contributed by atoms with Crippen molar-refractivity contribution in [2.24, 2.45) is 0 Å². The summed E-state index contributed by atoms with van der Waals surface area (Å²) in [6.07, 6.45) is 0.548. The minimum absolute atomic E-state index is 0.465. The van der Waals surface area contributed by atoms with Crippen LogP contribution < -0.4 is 0 Å². The van der Waals surface area contributed by atoms with Crippen LogP contribution in [0.2, 0.25) is 0 Å². The number of carboxylic acid groups (broad SMARTS) is 1. The molecule has 0 aliphatic heterocycles. The first kappa shape index (κ1) is 15.6. The molecule has 2 aromatic carbocycles. The van der Waals surface area contributed by atoms with Gasteiger partial charge in [-0.05, 0) is 56.0 Å². The maximum absolute atomic E-state index is 11.6. The maximum atomic E-state index is 11.6. The molecule has 0 spiro atoms. The lowest BCUT2D eigenvalue weighted by atomic mass is 9.98. The van der Waals surface area contributed by atoms with Crippen LogP contribution in [0.15, 0.2) is 47.4 Å². The van der Waals surface area contributed by atoms with Crippen LogP contribution in [0.3, 0.4) is 0 Å². The minimum atomic E-state index is -0.761. The van der Waals surface area contributed by atoms with E-state index in [0.717, 1.165) is 21.6 Å². The van der Waals surface area contributed by atoms with Gasteiger partial charge in [0.15, 0.2) is 0 Å². The first-order valence-electron chi connectivity index (χ1n) is 6.98. The molecular weight excluding hydrogens is 280 g/mol. The van der Waals surface area contributed by atoms with Crippen LogP contribution in [0.5, 0.6) is 0 Å². The Kier molecular flexibility index (Phi) is 5.07. The molecule has 110 valence electrons. The third kappa shape index (κ3) is 4.11. The van der Waals surface area contributed by atoms with Crippen molar-refractivity contribution in [3.63, 3.8) is 0 Å². The summed E-state index contributed by atoms with van der Waals surface area (Å²) in [6, 6.07) is 14.1. The summed E-state index contributed by atoms with van der Waals surface area (Å²) in [6.45, 7) is 6.11. The molecular formula is C18H20O2S. The van der Waals surface area contributed by atoms with Crippen molar-refractivity contribution in [2.45, 2.75) is 37.3 Å². The van der Waals surface area contributed by atoms with Gasteiger partial charge in [-0.25, -0.2) is 0 Å². The highest BCUT2D eigenvalue weighted by Gasteiger charge is 2.21. The molecule has 0 saturated carbocycles. The van der Waals surface area contributed by atoms with E-state index in [1.165, 1.54) is 17.3 Å². The first-order valence-corrected chi connectivity index (χ1v) is 7.86. The van der Waals surface area contributed by atoms with Gasteiger partial charge < -0.3 is 5.11 Å². The normalized spacial score (nSPS) is 12.1. The highest BCUT2D eigenvalue weighted by Crippen LogP contribution is 2.28. The van der Waals surface area contributed by atoms with Crippen LogP contribution in [0.1, 0.15) is 22.3 Å². The van der Waals surface area contributed by atoms with Gasteiger partial charge in [-0.3, -0.25) is 4.79 Å². The van der Waals surface area contributed by atoms with Crippen molar-refractivity contribution in [2.75, 3.05) is 0 Å². The molecule has 0 bridgehead atoms. The van der Waals surface area contributed by atoms with Crippen LogP contribution in [-0.2, 0) is 11.2 Å². The molecule has 1 N–H and O–H groups in total. The monoisotopic (exact) mass is 300 g/mol. The third-order valence-corrected chi connectivity index (χ3v) is 4.81. The Morgan fingerprint density at radius 2 is 1.62 bits per heavy atom. The van der Waals surface area contributed by atoms with Gasteiger partial charge in [-0.1, -0.05) is 35.9 Å². The molecule has 1 unspecified atom stereocenters. The number of carboxylic acids is 1. The van der Waals surface area contributed by atoms with E-state index in [9.17, 15) is 9.90 Å². The fourth-order valence-corrected chi connectivity index (χ4v) is 3.29. The van der Waals surface area contributed by atoms with Crippen molar-refractivity contribution >= 4 is 17.7 Å². The Balaban J connectivity index is 2.20. The number of rotatable bonds is 5. The SMILES string of the molecule is Cc1ccc(SC(Cc2c(C)cccc2C)C(=O)O)cc1. The van der Waals surface area contributed by atoms with Gasteiger partial charge in [-0.15, -0.1) is 11.8 Å². The number of benzene rings is 2. The first-order chi connectivity index (χ1) is 9.97. The number of aryl methyl sites for hydroxylation is 3. The van der Waals surface area contributed by atoms with E-state index in [0.29, 0.717) is 6.42 Å².